The Labute approximate surface area is 244 Å². The van der Waals surface area contributed by atoms with Gasteiger partial charge in [-0.25, -0.2) is 4.79 Å². The van der Waals surface area contributed by atoms with Gasteiger partial charge in [0.15, 0.2) is 0 Å². The Kier molecular flexibility index (Phi) is 7.97. The van der Waals surface area contributed by atoms with E-state index in [9.17, 15) is 19.5 Å². The van der Waals surface area contributed by atoms with Crippen LogP contribution in [0.25, 0.3) is 11.3 Å². The van der Waals surface area contributed by atoms with Crippen LogP contribution in [-0.2, 0) is 28.5 Å². The first-order chi connectivity index (χ1) is 19.8. The number of fused-ring (bicyclic) bond motifs is 4. The van der Waals surface area contributed by atoms with Crippen molar-refractivity contribution in [2.45, 2.75) is 77.8 Å². The van der Waals surface area contributed by atoms with Crippen molar-refractivity contribution in [3.05, 3.63) is 46.6 Å². The highest BCUT2D eigenvalue weighted by molar-refractivity contribution is 5.67. The summed E-state index contributed by atoms with van der Waals surface area (Å²) in [7, 11) is 1.52. The van der Waals surface area contributed by atoms with E-state index in [2.05, 4.69) is 11.9 Å². The molecule has 2 aromatic rings. The average molecular weight is 586 g/mol. The van der Waals surface area contributed by atoms with Gasteiger partial charge in [0.25, 0.3) is 0 Å². The van der Waals surface area contributed by atoms with E-state index in [0.29, 0.717) is 24.8 Å². The fourth-order valence-electron chi connectivity index (χ4n) is 8.06. The van der Waals surface area contributed by atoms with Gasteiger partial charge in [0.05, 0.1) is 6.10 Å². The maximum absolute atomic E-state index is 13.5. The van der Waals surface area contributed by atoms with Gasteiger partial charge in [0, 0.05) is 56.3 Å². The van der Waals surface area contributed by atoms with Gasteiger partial charge in [-0.05, 0) is 49.7 Å². The van der Waals surface area contributed by atoms with Gasteiger partial charge in [-0.1, -0.05) is 13.8 Å². The lowest BCUT2D eigenvalue weighted by Crippen LogP contribution is -2.71. The summed E-state index contributed by atoms with van der Waals surface area (Å²) in [6.07, 6.45) is 2.24. The summed E-state index contributed by atoms with van der Waals surface area (Å²) in [6, 6.07) is 5.11. The largest absolute Gasteiger partial charge is 0.484 e. The first-order valence-corrected chi connectivity index (χ1v) is 14.2. The summed E-state index contributed by atoms with van der Waals surface area (Å²) in [4.78, 5) is 41.7. The maximum atomic E-state index is 13.5. The van der Waals surface area contributed by atoms with Gasteiger partial charge in [-0.3, -0.25) is 14.6 Å². The van der Waals surface area contributed by atoms with Gasteiger partial charge in [-0.15, -0.1) is 0 Å². The number of nitrogens with zero attached hydrogens (tertiary/aromatic N) is 1. The molecule has 5 rings (SSSR count). The zero-order chi connectivity index (χ0) is 30.4. The van der Waals surface area contributed by atoms with Crippen LogP contribution in [-0.4, -0.2) is 60.3 Å². The first-order valence-electron chi connectivity index (χ1n) is 14.2. The summed E-state index contributed by atoms with van der Waals surface area (Å²) in [6.45, 7) is 8.57. The van der Waals surface area contributed by atoms with Crippen molar-refractivity contribution in [3.63, 3.8) is 0 Å². The molecule has 0 saturated heterocycles. The Hall–Kier alpha value is -3.28. The number of rotatable bonds is 7. The van der Waals surface area contributed by atoms with E-state index in [1.165, 1.54) is 21.0 Å². The number of methoxy groups -OCH3 is 1. The number of aromatic nitrogens is 1. The lowest BCUT2D eigenvalue weighted by Gasteiger charge is -2.66. The van der Waals surface area contributed by atoms with Gasteiger partial charge in [0.2, 0.25) is 0 Å². The molecular formula is C31H39NO10. The second kappa shape index (κ2) is 11.1. The molecule has 1 N–H and O–H groups in total. The van der Waals surface area contributed by atoms with Crippen molar-refractivity contribution >= 4 is 11.9 Å². The number of carbonyl (C=O) groups is 2. The minimum atomic E-state index is -1.26. The zero-order valence-corrected chi connectivity index (χ0v) is 24.9. The van der Waals surface area contributed by atoms with Crippen molar-refractivity contribution in [1.29, 1.82) is 0 Å². The number of pyridine rings is 1. The smallest absolute Gasteiger partial charge is 0.345 e. The number of esters is 2. The van der Waals surface area contributed by atoms with Crippen LogP contribution in [0.5, 0.6) is 5.75 Å². The van der Waals surface area contributed by atoms with Gasteiger partial charge < -0.3 is 33.2 Å². The molecule has 3 aliphatic rings. The fraction of sp³-hybridized carbons (Fsp3) is 0.613. The summed E-state index contributed by atoms with van der Waals surface area (Å²) < 4.78 is 35.3. The zero-order valence-electron chi connectivity index (χ0n) is 24.9. The molecule has 2 unspecified atom stereocenters. The highest BCUT2D eigenvalue weighted by Crippen LogP contribution is 2.67. The molecule has 0 aromatic carbocycles. The Morgan fingerprint density at radius 1 is 1.17 bits per heavy atom. The van der Waals surface area contributed by atoms with Gasteiger partial charge in [0.1, 0.15) is 48.3 Å². The molecule has 2 saturated carbocycles. The summed E-state index contributed by atoms with van der Waals surface area (Å²) >= 11 is 0. The molecule has 228 valence electrons. The SMILES string of the molecule is COCO[C@H]1CC2[C@](C)(CC[C@H](OC(C)=O)[C@@]2(C)COC(C)=O)C2[C@@H](O)c3c(cc(-c4cccnc4)oc3=O)O[C@@]21C. The molecule has 1 aliphatic heterocycles. The van der Waals surface area contributed by atoms with Crippen molar-refractivity contribution in [1.82, 2.24) is 4.98 Å². The van der Waals surface area contributed by atoms with E-state index < -0.39 is 58.2 Å². The summed E-state index contributed by atoms with van der Waals surface area (Å²) in [5.41, 5.74) is -2.63. The minimum Gasteiger partial charge on any atom is -0.484 e. The van der Waals surface area contributed by atoms with E-state index in [1.54, 1.807) is 30.6 Å². The normalized spacial score (nSPS) is 35.2. The van der Waals surface area contributed by atoms with Crippen LogP contribution in [0, 0.1) is 22.7 Å². The third kappa shape index (κ3) is 4.91. The number of ether oxygens (including phenoxy) is 5. The summed E-state index contributed by atoms with van der Waals surface area (Å²) in [5, 5.41) is 12.1. The van der Waals surface area contributed by atoms with Crippen LogP contribution < -0.4 is 10.4 Å². The number of hydrogen-bond donors (Lipinski definition) is 1. The number of aliphatic hydroxyl groups is 1. The third-order valence-corrected chi connectivity index (χ3v) is 9.81. The number of aliphatic hydroxyl groups excluding tert-OH is 1. The van der Waals surface area contributed by atoms with Gasteiger partial charge >= 0.3 is 17.6 Å². The molecule has 8 atom stereocenters. The average Bonchev–Trinajstić information content (AvgIpc) is 2.92. The monoisotopic (exact) mass is 585 g/mol. The van der Waals surface area contributed by atoms with E-state index in [-0.39, 0.29) is 36.4 Å². The third-order valence-electron chi connectivity index (χ3n) is 9.81. The van der Waals surface area contributed by atoms with Gasteiger partial charge in [-0.2, -0.15) is 0 Å². The van der Waals surface area contributed by atoms with Crippen molar-refractivity contribution in [3.8, 4) is 17.1 Å². The molecule has 0 radical (unpaired) electrons. The fourth-order valence-corrected chi connectivity index (χ4v) is 8.06. The number of carbonyl (C=O) groups excluding carboxylic acids is 2. The lowest BCUT2D eigenvalue weighted by molar-refractivity contribution is -0.283. The molecule has 11 nitrogen and oxygen atoms in total. The minimum absolute atomic E-state index is 0.00508. The Morgan fingerprint density at radius 2 is 1.93 bits per heavy atom. The quantitative estimate of drug-likeness (QED) is 0.374. The van der Waals surface area contributed by atoms with E-state index >= 15 is 0 Å². The van der Waals surface area contributed by atoms with Crippen LogP contribution >= 0.6 is 0 Å². The van der Waals surface area contributed by atoms with Crippen molar-refractivity contribution in [2.24, 2.45) is 22.7 Å². The number of hydrogen-bond acceptors (Lipinski definition) is 11. The lowest BCUT2D eigenvalue weighted by atomic mass is 9.42. The molecule has 11 heteroatoms. The second-order valence-corrected chi connectivity index (χ2v) is 12.4. The molecule has 2 fully saturated rings. The molecule has 0 bridgehead atoms. The Morgan fingerprint density at radius 3 is 2.57 bits per heavy atom. The Bertz CT molecular complexity index is 1390. The van der Waals surface area contributed by atoms with Crippen LogP contribution in [0.1, 0.15) is 65.5 Å². The van der Waals surface area contributed by atoms with E-state index in [4.69, 9.17) is 28.1 Å². The molecule has 0 spiro atoms. The molecule has 3 heterocycles. The maximum Gasteiger partial charge on any atom is 0.345 e. The van der Waals surface area contributed by atoms with Crippen LogP contribution in [0.3, 0.4) is 0 Å². The molecule has 42 heavy (non-hydrogen) atoms. The molecular weight excluding hydrogens is 546 g/mol. The highest BCUT2D eigenvalue weighted by Gasteiger charge is 2.70. The van der Waals surface area contributed by atoms with E-state index in [0.717, 1.165) is 0 Å². The predicted octanol–water partition coefficient (Wildman–Crippen LogP) is 3.81. The Balaban J connectivity index is 1.65. The second-order valence-electron chi connectivity index (χ2n) is 12.4. The molecule has 2 aromatic heterocycles. The first kappa shape index (κ1) is 30.2. The summed E-state index contributed by atoms with van der Waals surface area (Å²) in [5.74, 6) is -1.30. The van der Waals surface area contributed by atoms with Crippen LogP contribution in [0.2, 0.25) is 0 Å². The molecule has 0 amide bonds. The van der Waals surface area contributed by atoms with E-state index in [1.807, 2.05) is 13.8 Å². The highest BCUT2D eigenvalue weighted by atomic mass is 16.7. The van der Waals surface area contributed by atoms with Crippen LogP contribution in [0.15, 0.2) is 39.8 Å². The topological polar surface area (TPSA) is 144 Å². The standard InChI is InChI=1S/C31H39NO10/c1-17(33)38-15-30(4)22-13-24(39-16-37-6)31(5)27(29(22,3)10-9-23(30)40-18(2)34)26(35)25-21(42-31)12-20(41-28(25)36)19-8-7-11-32-14-19/h7-8,11-12,14,22-24,26-27,35H,9-10,13,15-16H2,1-6H3/t22?,23-,24-,26-,27?,29-,30-,31+/m0/s1. The molecule has 2 aliphatic carbocycles. The van der Waals surface area contributed by atoms with Crippen molar-refractivity contribution < 1.29 is 42.8 Å². The van der Waals surface area contributed by atoms with Crippen LogP contribution in [0.4, 0.5) is 0 Å². The predicted molar refractivity (Wildman–Crippen MR) is 148 cm³/mol. The van der Waals surface area contributed by atoms with Crippen molar-refractivity contribution in [2.75, 3.05) is 20.5 Å².